The Hall–Kier alpha value is -1.35. The molecule has 0 bridgehead atoms. The number of aryl methyl sites for hydroxylation is 1. The second kappa shape index (κ2) is 6.71. The maximum absolute atomic E-state index is 12.1. The van der Waals surface area contributed by atoms with Crippen LogP contribution in [-0.2, 0) is 17.6 Å². The Morgan fingerprint density at radius 1 is 1.37 bits per heavy atom. The van der Waals surface area contributed by atoms with Gasteiger partial charge in [-0.25, -0.2) is 0 Å². The van der Waals surface area contributed by atoms with Crippen molar-refractivity contribution in [1.82, 2.24) is 4.90 Å². The number of hydrogen-bond donors (Lipinski definition) is 1. The standard InChI is InChI=1S/C16H24N2O/c1-3-9-18(10-4-2)11-8-13-6-5-7-15-14(13)12-16(19)17-15/h5-7H,3-4,8-12H2,1-2H3,(H,17,19)/i1D3,2D3,3D2,4D2,9D2,10D2,11D2,12D2. The van der Waals surface area contributed by atoms with Crippen molar-refractivity contribution in [1.29, 1.82) is 0 Å². The highest BCUT2D eigenvalue weighted by Gasteiger charge is 2.20. The molecule has 0 unspecified atom stereocenters. The van der Waals surface area contributed by atoms with Crippen molar-refractivity contribution < 1.29 is 29.5 Å². The number of carbonyl (C=O) groups excluding carboxylic acids is 1. The first kappa shape index (κ1) is 3.64. The number of amides is 1. The van der Waals surface area contributed by atoms with Gasteiger partial charge in [0, 0.05) is 36.9 Å². The average molecular weight is 278 g/mol. The summed E-state index contributed by atoms with van der Waals surface area (Å²) >= 11 is 0. The van der Waals surface area contributed by atoms with E-state index in [9.17, 15) is 4.79 Å². The molecule has 2 rings (SSSR count). The number of rotatable bonds is 7. The first-order valence-corrected chi connectivity index (χ1v) is 5.33. The van der Waals surface area contributed by atoms with E-state index in [-0.39, 0.29) is 11.3 Å². The molecule has 1 N–H and O–H groups in total. The van der Waals surface area contributed by atoms with Crippen molar-refractivity contribution in [2.75, 3.05) is 24.8 Å². The molecular weight excluding hydrogens is 236 g/mol. The molecule has 1 aromatic rings. The number of nitrogens with one attached hydrogen (secondary N) is 1. The Morgan fingerprint density at radius 3 is 2.89 bits per heavy atom. The van der Waals surface area contributed by atoms with Gasteiger partial charge in [0.25, 0.3) is 0 Å². The third kappa shape index (κ3) is 3.57. The molecule has 1 aromatic carbocycles. The summed E-state index contributed by atoms with van der Waals surface area (Å²) in [6, 6.07) is 3.63. The van der Waals surface area contributed by atoms with Crippen molar-refractivity contribution in [3.05, 3.63) is 29.3 Å². The highest BCUT2D eigenvalue weighted by molar-refractivity contribution is 5.99. The molecule has 0 aliphatic carbocycles. The molecule has 0 radical (unpaired) electrons. The number of hydrogen-bond acceptors (Lipinski definition) is 2. The zero-order valence-corrected chi connectivity index (χ0v) is 9.79. The predicted octanol–water partition coefficient (Wildman–Crippen LogP) is 2.85. The zero-order valence-electron chi connectivity index (χ0n) is 27.8. The maximum atomic E-state index is 12.1. The fourth-order valence-electron chi connectivity index (χ4n) is 1.65. The molecule has 1 aliphatic rings. The highest BCUT2D eigenvalue weighted by atomic mass is 16.1. The minimum Gasteiger partial charge on any atom is -0.326 e. The summed E-state index contributed by atoms with van der Waals surface area (Å²) in [5, 5.41) is 2.22. The number of nitrogens with zero attached hydrogens (tertiary/aromatic N) is 1. The summed E-state index contributed by atoms with van der Waals surface area (Å²) in [5.74, 6) is -1.12. The Kier molecular flexibility index (Phi) is 1.29. The molecule has 0 atom stereocenters. The molecule has 104 valence electrons. The summed E-state index contributed by atoms with van der Waals surface area (Å²) < 4.78 is 142. The van der Waals surface area contributed by atoms with E-state index in [1.165, 1.54) is 12.1 Å². The van der Waals surface area contributed by atoms with Gasteiger partial charge >= 0.3 is 0 Å². The van der Waals surface area contributed by atoms with Gasteiger partial charge in [0.15, 0.2) is 0 Å². The van der Waals surface area contributed by atoms with Crippen molar-refractivity contribution >= 4 is 11.6 Å². The van der Waals surface area contributed by atoms with Crippen LogP contribution in [0.25, 0.3) is 0 Å². The van der Waals surface area contributed by atoms with E-state index < -0.39 is 75.1 Å². The van der Waals surface area contributed by atoms with Crippen LogP contribution in [0.1, 0.15) is 62.3 Å². The van der Waals surface area contributed by atoms with Crippen LogP contribution in [0.2, 0.25) is 0 Å². The topological polar surface area (TPSA) is 32.3 Å². The Morgan fingerprint density at radius 2 is 2.16 bits per heavy atom. The van der Waals surface area contributed by atoms with Crippen LogP contribution >= 0.6 is 0 Å². The summed E-state index contributed by atoms with van der Waals surface area (Å²) in [5.41, 5.74) is -0.828. The lowest BCUT2D eigenvalue weighted by molar-refractivity contribution is -0.115. The van der Waals surface area contributed by atoms with Gasteiger partial charge < -0.3 is 10.2 Å². The summed E-state index contributed by atoms with van der Waals surface area (Å²) in [7, 11) is 0. The SMILES string of the molecule is [2H]C1([2H])C(=O)Nc2cccc(CC([2H])([2H])N(C([2H])([2H])C([2H])([2H])C([2H])([2H])[2H])C([2H])([2H])C([2H])([2H])C([2H])([2H])[2H])c21. The van der Waals surface area contributed by atoms with E-state index in [4.69, 9.17) is 24.7 Å². The monoisotopic (exact) mass is 278 g/mol. The second-order valence-electron chi connectivity index (χ2n) is 3.56. The Bertz CT molecular complexity index is 1020. The fourth-order valence-corrected chi connectivity index (χ4v) is 1.65. The lowest BCUT2D eigenvalue weighted by Crippen LogP contribution is -2.28. The van der Waals surface area contributed by atoms with Crippen molar-refractivity contribution in [2.45, 2.75) is 39.2 Å². The Balaban J connectivity index is 2.85. The predicted molar refractivity (Wildman–Crippen MR) is 79.5 cm³/mol. The van der Waals surface area contributed by atoms with Gasteiger partial charge in [0.05, 0.1) is 6.37 Å². The summed E-state index contributed by atoms with van der Waals surface area (Å²) in [6.45, 7) is -19.7. The van der Waals surface area contributed by atoms with Gasteiger partial charge in [-0.15, -0.1) is 0 Å². The molecule has 1 aliphatic heterocycles. The molecule has 0 saturated carbocycles. The molecule has 0 spiro atoms. The Labute approximate surface area is 141 Å². The minimum absolute atomic E-state index is 0.0866. The van der Waals surface area contributed by atoms with Crippen LogP contribution in [0.5, 0.6) is 0 Å². The van der Waals surface area contributed by atoms with E-state index in [2.05, 4.69) is 5.32 Å². The molecule has 19 heavy (non-hydrogen) atoms. The average Bonchev–Trinajstić information content (AvgIpc) is 2.88. The van der Waals surface area contributed by atoms with Crippen LogP contribution in [0, 0.1) is 0 Å². The molecule has 3 heteroatoms. The van der Waals surface area contributed by atoms with Crippen LogP contribution in [-0.4, -0.2) is 30.3 Å². The number of benzene rings is 1. The van der Waals surface area contributed by atoms with Crippen LogP contribution in [0.4, 0.5) is 5.69 Å². The van der Waals surface area contributed by atoms with E-state index in [1.54, 1.807) is 0 Å². The molecular formula is C16H24N2O. The van der Waals surface area contributed by atoms with Gasteiger partial charge in [-0.2, -0.15) is 0 Å². The molecule has 3 nitrogen and oxygen atoms in total. The molecule has 1 amide bonds. The van der Waals surface area contributed by atoms with Gasteiger partial charge in [-0.3, -0.25) is 4.79 Å². The number of carbonyl (C=O) groups is 1. The smallest absolute Gasteiger partial charge is 0.228 e. The lowest BCUT2D eigenvalue weighted by Gasteiger charge is -2.21. The second-order valence-corrected chi connectivity index (χ2v) is 3.56. The third-order valence-corrected chi connectivity index (χ3v) is 2.40. The van der Waals surface area contributed by atoms with Crippen molar-refractivity contribution in [3.63, 3.8) is 0 Å². The number of fused-ring (bicyclic) bond motifs is 1. The fraction of sp³-hybridized carbons (Fsp3) is 0.562. The van der Waals surface area contributed by atoms with Crippen LogP contribution < -0.4 is 5.32 Å². The van der Waals surface area contributed by atoms with E-state index in [0.717, 1.165) is 6.07 Å². The van der Waals surface area contributed by atoms with E-state index in [1.807, 2.05) is 0 Å². The number of anilines is 1. The van der Waals surface area contributed by atoms with Gasteiger partial charge in [0.1, 0.15) is 0 Å². The maximum Gasteiger partial charge on any atom is 0.228 e. The quantitative estimate of drug-likeness (QED) is 0.832. The van der Waals surface area contributed by atoms with Gasteiger partial charge in [-0.1, -0.05) is 25.8 Å². The van der Waals surface area contributed by atoms with Crippen molar-refractivity contribution in [3.8, 4) is 0 Å². The summed E-state index contributed by atoms with van der Waals surface area (Å²) in [4.78, 5) is 11.3. The van der Waals surface area contributed by atoms with Crippen molar-refractivity contribution in [2.24, 2.45) is 0 Å². The van der Waals surface area contributed by atoms with Gasteiger partial charge in [-0.05, 0) is 49.4 Å². The van der Waals surface area contributed by atoms with E-state index in [0.29, 0.717) is 0 Å². The molecule has 0 fully saturated rings. The largest absolute Gasteiger partial charge is 0.326 e. The first-order chi connectivity index (χ1) is 16.1. The highest BCUT2D eigenvalue weighted by Crippen LogP contribution is 2.26. The normalized spacial score (nSPS) is 35.5. The minimum atomic E-state index is -4.21. The molecule has 1 heterocycles. The van der Waals surface area contributed by atoms with Gasteiger partial charge in [0.2, 0.25) is 5.91 Å². The lowest BCUT2D eigenvalue weighted by atomic mass is 10.0. The van der Waals surface area contributed by atoms with E-state index >= 15 is 0 Å². The molecule has 0 saturated heterocycles. The summed E-state index contributed by atoms with van der Waals surface area (Å²) in [6.07, 6.45) is -12.1. The van der Waals surface area contributed by atoms with Crippen LogP contribution in [0.15, 0.2) is 18.2 Å². The first-order valence-electron chi connectivity index (χ1n) is 14.3. The third-order valence-electron chi connectivity index (χ3n) is 2.40. The zero-order chi connectivity index (χ0) is 29.4. The molecule has 0 aromatic heterocycles. The van der Waals surface area contributed by atoms with Crippen LogP contribution in [0.3, 0.4) is 0 Å².